The smallest absolute Gasteiger partial charge is 0.273 e. The number of rotatable bonds is 2. The molecule has 2 N–H and O–H groups in total. The van der Waals surface area contributed by atoms with E-state index in [4.69, 9.17) is 0 Å². The SMILES string of the molecule is O=C(N/N=C1\CCCc2ccccc21)c1c[nH]c2ccccc12. The Morgan fingerprint density at radius 2 is 1.87 bits per heavy atom. The Morgan fingerprint density at radius 1 is 1.04 bits per heavy atom. The number of fused-ring (bicyclic) bond motifs is 2. The average molecular weight is 303 g/mol. The molecule has 2 aromatic carbocycles. The number of amides is 1. The van der Waals surface area contributed by atoms with E-state index in [9.17, 15) is 4.79 Å². The highest BCUT2D eigenvalue weighted by Gasteiger charge is 2.16. The van der Waals surface area contributed by atoms with Crippen LogP contribution in [0.1, 0.15) is 34.3 Å². The molecule has 0 aliphatic heterocycles. The molecule has 0 radical (unpaired) electrons. The van der Waals surface area contributed by atoms with Gasteiger partial charge in [-0.25, -0.2) is 5.43 Å². The number of carbonyl (C=O) groups excluding carboxylic acids is 1. The van der Waals surface area contributed by atoms with Crippen LogP contribution in [0.15, 0.2) is 59.8 Å². The number of para-hydroxylation sites is 1. The van der Waals surface area contributed by atoms with Crippen molar-refractivity contribution < 1.29 is 4.79 Å². The van der Waals surface area contributed by atoms with Gasteiger partial charge in [0, 0.05) is 22.7 Å². The van der Waals surface area contributed by atoms with Gasteiger partial charge in [0.2, 0.25) is 0 Å². The van der Waals surface area contributed by atoms with Gasteiger partial charge in [0.15, 0.2) is 0 Å². The van der Waals surface area contributed by atoms with Crippen LogP contribution in [0.4, 0.5) is 0 Å². The van der Waals surface area contributed by atoms with Crippen molar-refractivity contribution in [1.82, 2.24) is 10.4 Å². The highest BCUT2D eigenvalue weighted by molar-refractivity contribution is 6.08. The minimum Gasteiger partial charge on any atom is -0.360 e. The Morgan fingerprint density at radius 3 is 2.83 bits per heavy atom. The Bertz CT molecular complexity index is 908. The number of hydrogen-bond acceptors (Lipinski definition) is 2. The lowest BCUT2D eigenvalue weighted by molar-refractivity contribution is 0.0956. The molecule has 1 aliphatic carbocycles. The largest absolute Gasteiger partial charge is 0.360 e. The van der Waals surface area contributed by atoms with Crippen molar-refractivity contribution >= 4 is 22.5 Å². The molecule has 0 fully saturated rings. The zero-order valence-electron chi connectivity index (χ0n) is 12.7. The number of H-pyrrole nitrogens is 1. The third-order valence-corrected chi connectivity index (χ3v) is 4.31. The number of aromatic nitrogens is 1. The molecule has 0 saturated carbocycles. The van der Waals surface area contributed by atoms with E-state index in [0.717, 1.165) is 41.4 Å². The number of nitrogens with zero attached hydrogens (tertiary/aromatic N) is 1. The van der Waals surface area contributed by atoms with Crippen molar-refractivity contribution in [3.05, 3.63) is 71.4 Å². The second-order valence-electron chi connectivity index (χ2n) is 5.76. The quantitative estimate of drug-likeness (QED) is 0.698. The fraction of sp³-hybridized carbons (Fsp3) is 0.158. The normalized spacial score (nSPS) is 15.6. The van der Waals surface area contributed by atoms with Crippen LogP contribution in [0.5, 0.6) is 0 Å². The van der Waals surface area contributed by atoms with Gasteiger partial charge in [0.05, 0.1) is 11.3 Å². The van der Waals surface area contributed by atoms with Crippen LogP contribution in [0, 0.1) is 0 Å². The zero-order valence-corrected chi connectivity index (χ0v) is 12.7. The van der Waals surface area contributed by atoms with E-state index >= 15 is 0 Å². The lowest BCUT2D eigenvalue weighted by Crippen LogP contribution is -2.22. The Balaban J connectivity index is 1.61. The van der Waals surface area contributed by atoms with E-state index < -0.39 is 0 Å². The summed E-state index contributed by atoms with van der Waals surface area (Å²) in [6, 6.07) is 16.0. The predicted octanol–water partition coefficient (Wildman–Crippen LogP) is 3.64. The van der Waals surface area contributed by atoms with Crippen molar-refractivity contribution in [2.24, 2.45) is 5.10 Å². The Labute approximate surface area is 134 Å². The standard InChI is InChI=1S/C19H17N3O/c23-19(16-12-20-17-10-4-3-9-15(16)17)22-21-18-11-5-7-13-6-1-2-8-14(13)18/h1-4,6,8-10,12,20H,5,7,11H2,(H,22,23)/b21-18+. The second-order valence-corrected chi connectivity index (χ2v) is 5.76. The first kappa shape index (κ1) is 13.8. The van der Waals surface area contributed by atoms with E-state index in [1.54, 1.807) is 6.20 Å². The zero-order chi connectivity index (χ0) is 15.6. The van der Waals surface area contributed by atoms with Gasteiger partial charge in [-0.3, -0.25) is 4.79 Å². The summed E-state index contributed by atoms with van der Waals surface area (Å²) in [7, 11) is 0. The molecule has 0 spiro atoms. The molecule has 23 heavy (non-hydrogen) atoms. The van der Waals surface area contributed by atoms with Crippen LogP contribution in [0.3, 0.4) is 0 Å². The molecule has 1 amide bonds. The van der Waals surface area contributed by atoms with Crippen molar-refractivity contribution in [2.75, 3.05) is 0 Å². The molecule has 4 nitrogen and oxygen atoms in total. The van der Waals surface area contributed by atoms with E-state index in [2.05, 4.69) is 27.6 Å². The summed E-state index contributed by atoms with van der Waals surface area (Å²) in [5.74, 6) is -0.182. The maximum Gasteiger partial charge on any atom is 0.273 e. The molecule has 4 rings (SSSR count). The fourth-order valence-electron chi connectivity index (χ4n) is 3.15. The van der Waals surface area contributed by atoms with Crippen molar-refractivity contribution in [3.63, 3.8) is 0 Å². The Hall–Kier alpha value is -2.88. The first-order valence-corrected chi connectivity index (χ1v) is 7.84. The van der Waals surface area contributed by atoms with Gasteiger partial charge in [-0.05, 0) is 30.9 Å². The molecule has 1 aromatic heterocycles. The maximum atomic E-state index is 12.4. The molecule has 1 heterocycles. The molecule has 0 bridgehead atoms. The summed E-state index contributed by atoms with van der Waals surface area (Å²) in [6.45, 7) is 0. The summed E-state index contributed by atoms with van der Waals surface area (Å²) in [4.78, 5) is 15.5. The van der Waals surface area contributed by atoms with E-state index in [1.165, 1.54) is 5.56 Å². The van der Waals surface area contributed by atoms with Gasteiger partial charge >= 0.3 is 0 Å². The third kappa shape index (κ3) is 2.52. The fourth-order valence-corrected chi connectivity index (χ4v) is 3.15. The van der Waals surface area contributed by atoms with E-state index in [1.807, 2.05) is 36.4 Å². The minimum absolute atomic E-state index is 0.182. The molecule has 3 aromatic rings. The number of nitrogens with one attached hydrogen (secondary N) is 2. The van der Waals surface area contributed by atoms with Gasteiger partial charge in [-0.1, -0.05) is 42.5 Å². The number of aromatic amines is 1. The van der Waals surface area contributed by atoms with Gasteiger partial charge in [0.1, 0.15) is 0 Å². The summed E-state index contributed by atoms with van der Waals surface area (Å²) >= 11 is 0. The number of benzene rings is 2. The minimum atomic E-state index is -0.182. The number of carbonyl (C=O) groups is 1. The van der Waals surface area contributed by atoms with Crippen LogP contribution in [0.2, 0.25) is 0 Å². The van der Waals surface area contributed by atoms with Gasteiger partial charge in [0.25, 0.3) is 5.91 Å². The number of aryl methyl sites for hydroxylation is 1. The summed E-state index contributed by atoms with van der Waals surface area (Å²) in [5.41, 5.74) is 7.70. The van der Waals surface area contributed by atoms with Crippen LogP contribution < -0.4 is 5.43 Å². The first-order chi connectivity index (χ1) is 11.3. The lowest BCUT2D eigenvalue weighted by Gasteiger charge is -2.17. The van der Waals surface area contributed by atoms with Crippen molar-refractivity contribution in [1.29, 1.82) is 0 Å². The van der Waals surface area contributed by atoms with Crippen molar-refractivity contribution in [3.8, 4) is 0 Å². The van der Waals surface area contributed by atoms with Crippen LogP contribution in [-0.2, 0) is 6.42 Å². The molecule has 114 valence electrons. The van der Waals surface area contributed by atoms with E-state index in [-0.39, 0.29) is 5.91 Å². The third-order valence-electron chi connectivity index (χ3n) is 4.31. The van der Waals surface area contributed by atoms with E-state index in [0.29, 0.717) is 5.56 Å². The number of hydrazone groups is 1. The molecule has 4 heteroatoms. The van der Waals surface area contributed by atoms with Gasteiger partial charge in [-0.2, -0.15) is 5.10 Å². The van der Waals surface area contributed by atoms with Crippen LogP contribution in [-0.4, -0.2) is 16.6 Å². The maximum absolute atomic E-state index is 12.4. The number of hydrogen-bond donors (Lipinski definition) is 2. The molecule has 0 saturated heterocycles. The van der Waals surface area contributed by atoms with Gasteiger partial charge in [-0.15, -0.1) is 0 Å². The topological polar surface area (TPSA) is 57.2 Å². The summed E-state index contributed by atoms with van der Waals surface area (Å²) < 4.78 is 0. The second kappa shape index (κ2) is 5.72. The van der Waals surface area contributed by atoms with Gasteiger partial charge < -0.3 is 4.98 Å². The summed E-state index contributed by atoms with van der Waals surface area (Å²) in [6.07, 6.45) is 4.77. The first-order valence-electron chi connectivity index (χ1n) is 7.84. The molecule has 0 atom stereocenters. The van der Waals surface area contributed by atoms with Crippen molar-refractivity contribution in [2.45, 2.75) is 19.3 Å². The predicted molar refractivity (Wildman–Crippen MR) is 91.7 cm³/mol. The molecular formula is C19H17N3O. The summed E-state index contributed by atoms with van der Waals surface area (Å²) in [5, 5.41) is 5.30. The molecule has 1 aliphatic rings. The monoisotopic (exact) mass is 303 g/mol. The Kier molecular flexibility index (Phi) is 3.42. The highest BCUT2D eigenvalue weighted by atomic mass is 16.2. The van der Waals surface area contributed by atoms with Crippen LogP contribution in [0.25, 0.3) is 10.9 Å². The average Bonchev–Trinajstić information content (AvgIpc) is 3.04. The van der Waals surface area contributed by atoms with Crippen LogP contribution >= 0.6 is 0 Å². The lowest BCUT2D eigenvalue weighted by atomic mass is 9.90. The highest BCUT2D eigenvalue weighted by Crippen LogP contribution is 2.21. The molecular weight excluding hydrogens is 286 g/mol. The molecule has 0 unspecified atom stereocenters.